The van der Waals surface area contributed by atoms with E-state index in [0.29, 0.717) is 9.94 Å². The summed E-state index contributed by atoms with van der Waals surface area (Å²) in [5.41, 5.74) is -0.710. The number of hydrogen-bond donors (Lipinski definition) is 0. The third-order valence-corrected chi connectivity index (χ3v) is 4.55. The van der Waals surface area contributed by atoms with Gasteiger partial charge in [0.05, 0.1) is 16.2 Å². The highest BCUT2D eigenvalue weighted by Gasteiger charge is 2.53. The van der Waals surface area contributed by atoms with Crippen LogP contribution in [0.4, 0.5) is 4.39 Å². The van der Waals surface area contributed by atoms with Crippen LogP contribution in [0.2, 0.25) is 5.02 Å². The SMILES string of the molecule is CC1(C)OB(c2c(Br)ccc(Cl)c2F)OC1(C)C. The first-order valence-electron chi connectivity index (χ1n) is 5.65. The molecule has 6 heteroatoms. The number of benzene rings is 1. The highest BCUT2D eigenvalue weighted by atomic mass is 79.9. The van der Waals surface area contributed by atoms with Crippen LogP contribution >= 0.6 is 27.5 Å². The summed E-state index contributed by atoms with van der Waals surface area (Å²) in [6, 6.07) is 3.18. The molecule has 18 heavy (non-hydrogen) atoms. The number of rotatable bonds is 1. The Morgan fingerprint density at radius 3 is 2.17 bits per heavy atom. The van der Waals surface area contributed by atoms with Gasteiger partial charge in [-0.05, 0) is 39.8 Å². The Morgan fingerprint density at radius 2 is 1.67 bits per heavy atom. The molecular weight excluding hydrogens is 321 g/mol. The van der Waals surface area contributed by atoms with Gasteiger partial charge in [-0.3, -0.25) is 0 Å². The molecule has 1 aliphatic heterocycles. The molecule has 1 saturated heterocycles. The highest BCUT2D eigenvalue weighted by molar-refractivity contribution is 9.10. The molecule has 0 N–H and O–H groups in total. The van der Waals surface area contributed by atoms with E-state index in [0.717, 1.165) is 0 Å². The summed E-state index contributed by atoms with van der Waals surface area (Å²) in [6.45, 7) is 7.68. The van der Waals surface area contributed by atoms with Crippen molar-refractivity contribution in [2.45, 2.75) is 38.9 Å². The molecule has 0 spiro atoms. The fourth-order valence-electron chi connectivity index (χ4n) is 1.72. The van der Waals surface area contributed by atoms with Crippen LogP contribution in [0.15, 0.2) is 16.6 Å². The molecule has 0 amide bonds. The van der Waals surface area contributed by atoms with Crippen molar-refractivity contribution in [2.24, 2.45) is 0 Å². The summed E-state index contributed by atoms with van der Waals surface area (Å²) in [4.78, 5) is 0. The van der Waals surface area contributed by atoms with Crippen LogP contribution in [0, 0.1) is 5.82 Å². The monoisotopic (exact) mass is 334 g/mol. The van der Waals surface area contributed by atoms with Crippen molar-refractivity contribution in [3.63, 3.8) is 0 Å². The van der Waals surface area contributed by atoms with Crippen LogP contribution in [0.3, 0.4) is 0 Å². The summed E-state index contributed by atoms with van der Waals surface area (Å²) >= 11 is 9.11. The topological polar surface area (TPSA) is 18.5 Å². The van der Waals surface area contributed by atoms with Gasteiger partial charge >= 0.3 is 7.12 Å². The van der Waals surface area contributed by atoms with Crippen molar-refractivity contribution in [1.29, 1.82) is 0 Å². The van der Waals surface area contributed by atoms with Crippen molar-refractivity contribution in [1.82, 2.24) is 0 Å². The van der Waals surface area contributed by atoms with E-state index in [1.165, 1.54) is 6.07 Å². The molecule has 1 fully saturated rings. The molecule has 0 unspecified atom stereocenters. The first-order valence-corrected chi connectivity index (χ1v) is 6.82. The van der Waals surface area contributed by atoms with Gasteiger partial charge in [-0.25, -0.2) is 4.39 Å². The summed E-state index contributed by atoms with van der Waals surface area (Å²) in [5, 5.41) is 0.0583. The molecule has 0 aliphatic carbocycles. The van der Waals surface area contributed by atoms with E-state index < -0.39 is 24.1 Å². The molecule has 0 bridgehead atoms. The molecule has 1 heterocycles. The zero-order valence-corrected chi connectivity index (χ0v) is 13.0. The van der Waals surface area contributed by atoms with E-state index in [4.69, 9.17) is 20.9 Å². The Morgan fingerprint density at radius 1 is 1.17 bits per heavy atom. The van der Waals surface area contributed by atoms with Gasteiger partial charge in [-0.2, -0.15) is 0 Å². The number of halogens is 3. The van der Waals surface area contributed by atoms with E-state index in [-0.39, 0.29) is 5.02 Å². The third-order valence-electron chi connectivity index (χ3n) is 3.57. The average molecular weight is 335 g/mol. The molecule has 0 atom stereocenters. The maximum absolute atomic E-state index is 14.1. The van der Waals surface area contributed by atoms with E-state index in [1.807, 2.05) is 27.7 Å². The molecule has 2 rings (SSSR count). The number of hydrogen-bond acceptors (Lipinski definition) is 2. The van der Waals surface area contributed by atoms with E-state index in [1.54, 1.807) is 6.07 Å². The minimum Gasteiger partial charge on any atom is -0.399 e. The molecule has 98 valence electrons. The van der Waals surface area contributed by atoms with Gasteiger partial charge in [0.2, 0.25) is 0 Å². The first kappa shape index (κ1) is 14.3. The van der Waals surface area contributed by atoms with Gasteiger partial charge in [0.25, 0.3) is 0 Å². The Labute approximate surface area is 120 Å². The lowest BCUT2D eigenvalue weighted by Gasteiger charge is -2.32. The Kier molecular flexibility index (Phi) is 3.56. The Bertz CT molecular complexity index is 477. The summed E-state index contributed by atoms with van der Waals surface area (Å²) < 4.78 is 26.3. The quantitative estimate of drug-likeness (QED) is 0.577. The van der Waals surface area contributed by atoms with E-state index >= 15 is 0 Å². The first-order chi connectivity index (χ1) is 8.16. The molecule has 0 aromatic heterocycles. The van der Waals surface area contributed by atoms with Crippen LogP contribution in [-0.2, 0) is 9.31 Å². The predicted molar refractivity (Wildman–Crippen MR) is 74.8 cm³/mol. The van der Waals surface area contributed by atoms with Crippen molar-refractivity contribution in [3.05, 3.63) is 27.4 Å². The summed E-state index contributed by atoms with van der Waals surface area (Å²) in [6.07, 6.45) is 0. The molecule has 2 nitrogen and oxygen atoms in total. The molecule has 1 aromatic carbocycles. The summed E-state index contributed by atoms with van der Waals surface area (Å²) in [5.74, 6) is -0.510. The second-order valence-electron chi connectivity index (χ2n) is 5.35. The highest BCUT2D eigenvalue weighted by Crippen LogP contribution is 2.37. The van der Waals surface area contributed by atoms with Gasteiger partial charge < -0.3 is 9.31 Å². The zero-order valence-electron chi connectivity index (χ0n) is 10.7. The lowest BCUT2D eigenvalue weighted by molar-refractivity contribution is 0.00578. The van der Waals surface area contributed by atoms with Crippen molar-refractivity contribution in [2.75, 3.05) is 0 Å². The Hall–Kier alpha value is -0.0951. The fourth-order valence-corrected chi connectivity index (χ4v) is 2.38. The van der Waals surface area contributed by atoms with E-state index in [2.05, 4.69) is 15.9 Å². The lowest BCUT2D eigenvalue weighted by Crippen LogP contribution is -2.41. The predicted octanol–water partition coefficient (Wildman–Crippen LogP) is 3.54. The van der Waals surface area contributed by atoms with Crippen molar-refractivity contribution >= 4 is 40.1 Å². The zero-order chi connectivity index (χ0) is 13.7. The van der Waals surface area contributed by atoms with Crippen LogP contribution < -0.4 is 5.46 Å². The van der Waals surface area contributed by atoms with Gasteiger partial charge in [0.1, 0.15) is 5.82 Å². The summed E-state index contributed by atoms with van der Waals surface area (Å²) in [7, 11) is -0.761. The molecular formula is C12H14BBrClFO2. The Balaban J connectivity index is 2.44. The van der Waals surface area contributed by atoms with Gasteiger partial charge in [0.15, 0.2) is 0 Å². The van der Waals surface area contributed by atoms with Gasteiger partial charge in [0, 0.05) is 9.94 Å². The largest absolute Gasteiger partial charge is 0.499 e. The minimum atomic E-state index is -0.761. The second kappa shape index (κ2) is 4.48. The van der Waals surface area contributed by atoms with Crippen molar-refractivity contribution in [3.8, 4) is 0 Å². The average Bonchev–Trinajstić information content (AvgIpc) is 2.43. The molecule has 0 saturated carbocycles. The molecule has 0 radical (unpaired) electrons. The normalized spacial score (nSPS) is 21.4. The van der Waals surface area contributed by atoms with Crippen LogP contribution in [0.5, 0.6) is 0 Å². The van der Waals surface area contributed by atoms with Crippen LogP contribution in [0.1, 0.15) is 27.7 Å². The standard InChI is InChI=1S/C12H14BBrClFO2/c1-11(2)12(3,4)18-13(17-11)9-7(14)5-6-8(15)10(9)16/h5-6H,1-4H3. The smallest absolute Gasteiger partial charge is 0.399 e. The minimum absolute atomic E-state index is 0.0583. The lowest BCUT2D eigenvalue weighted by atomic mass is 9.78. The second-order valence-corrected chi connectivity index (χ2v) is 6.61. The maximum Gasteiger partial charge on any atom is 0.499 e. The third kappa shape index (κ3) is 2.22. The van der Waals surface area contributed by atoms with Crippen LogP contribution in [0.25, 0.3) is 0 Å². The van der Waals surface area contributed by atoms with Gasteiger partial charge in [-0.15, -0.1) is 0 Å². The van der Waals surface area contributed by atoms with Crippen LogP contribution in [-0.4, -0.2) is 18.3 Å². The fraction of sp³-hybridized carbons (Fsp3) is 0.500. The molecule has 1 aliphatic rings. The van der Waals surface area contributed by atoms with Gasteiger partial charge in [-0.1, -0.05) is 27.5 Å². The van der Waals surface area contributed by atoms with E-state index in [9.17, 15) is 4.39 Å². The maximum atomic E-state index is 14.1. The molecule has 1 aromatic rings. The van der Waals surface area contributed by atoms with Crippen molar-refractivity contribution < 1.29 is 13.7 Å².